The van der Waals surface area contributed by atoms with Crippen molar-refractivity contribution in [1.82, 2.24) is 20.1 Å². The van der Waals surface area contributed by atoms with Crippen LogP contribution in [-0.4, -0.2) is 14.8 Å². The van der Waals surface area contributed by atoms with E-state index in [9.17, 15) is 0 Å². The van der Waals surface area contributed by atoms with Crippen molar-refractivity contribution in [3.05, 3.63) is 47.5 Å². The molecule has 0 saturated heterocycles. The third kappa shape index (κ3) is 2.96. The van der Waals surface area contributed by atoms with E-state index in [0.717, 1.165) is 13.0 Å². The molecule has 0 fully saturated rings. The molecule has 4 heteroatoms. The van der Waals surface area contributed by atoms with Gasteiger partial charge >= 0.3 is 0 Å². The third-order valence-electron chi connectivity index (χ3n) is 3.13. The molecular weight excluding hydrogens is 224 g/mol. The van der Waals surface area contributed by atoms with Gasteiger partial charge in [0.2, 0.25) is 0 Å². The Kier molecular flexibility index (Phi) is 4.10. The first-order valence-electron chi connectivity index (χ1n) is 6.35. The Labute approximate surface area is 108 Å². The summed E-state index contributed by atoms with van der Waals surface area (Å²) in [6.45, 7) is 5.15. The highest BCUT2D eigenvalue weighted by Gasteiger charge is 2.08. The first-order chi connectivity index (χ1) is 8.70. The number of pyridine rings is 1. The summed E-state index contributed by atoms with van der Waals surface area (Å²) in [6, 6.07) is 4.40. The molecule has 2 aromatic heterocycles. The van der Waals surface area contributed by atoms with Crippen LogP contribution in [0.4, 0.5) is 0 Å². The Morgan fingerprint density at radius 3 is 2.72 bits per heavy atom. The highest BCUT2D eigenvalue weighted by atomic mass is 15.3. The van der Waals surface area contributed by atoms with Crippen molar-refractivity contribution in [3.63, 3.8) is 0 Å². The van der Waals surface area contributed by atoms with Gasteiger partial charge in [-0.1, -0.05) is 6.92 Å². The predicted octanol–water partition coefficient (Wildman–Crippen LogP) is 2.23. The molecule has 0 spiro atoms. The van der Waals surface area contributed by atoms with Crippen molar-refractivity contribution in [1.29, 1.82) is 0 Å². The quantitative estimate of drug-likeness (QED) is 0.877. The monoisotopic (exact) mass is 244 g/mol. The SMILES string of the molecule is CCc1nn(C)cc1CN[C@H](C)c1ccncc1. The van der Waals surface area contributed by atoms with E-state index in [1.807, 2.05) is 36.3 Å². The Morgan fingerprint density at radius 2 is 2.06 bits per heavy atom. The number of rotatable bonds is 5. The summed E-state index contributed by atoms with van der Waals surface area (Å²) in [5, 5.41) is 7.97. The lowest BCUT2D eigenvalue weighted by molar-refractivity contribution is 0.572. The van der Waals surface area contributed by atoms with Crippen molar-refractivity contribution < 1.29 is 0 Å². The molecule has 0 bridgehead atoms. The minimum absolute atomic E-state index is 0.318. The molecule has 2 heterocycles. The molecule has 0 aromatic carbocycles. The molecule has 0 aliphatic carbocycles. The zero-order chi connectivity index (χ0) is 13.0. The van der Waals surface area contributed by atoms with E-state index < -0.39 is 0 Å². The second kappa shape index (κ2) is 5.78. The number of nitrogens with one attached hydrogen (secondary N) is 1. The summed E-state index contributed by atoms with van der Waals surface area (Å²) in [6.07, 6.45) is 6.72. The number of hydrogen-bond acceptors (Lipinski definition) is 3. The van der Waals surface area contributed by atoms with Crippen molar-refractivity contribution >= 4 is 0 Å². The van der Waals surface area contributed by atoms with Gasteiger partial charge < -0.3 is 5.32 Å². The molecule has 1 atom stereocenters. The van der Waals surface area contributed by atoms with E-state index in [1.54, 1.807) is 0 Å². The second-order valence-electron chi connectivity index (χ2n) is 4.51. The van der Waals surface area contributed by atoms with Gasteiger partial charge in [0.1, 0.15) is 0 Å². The minimum Gasteiger partial charge on any atom is -0.306 e. The zero-order valence-electron chi connectivity index (χ0n) is 11.2. The predicted molar refractivity (Wildman–Crippen MR) is 72.1 cm³/mol. The van der Waals surface area contributed by atoms with E-state index in [0.29, 0.717) is 6.04 Å². The molecule has 0 saturated carbocycles. The molecule has 4 nitrogen and oxygen atoms in total. The first-order valence-corrected chi connectivity index (χ1v) is 6.35. The van der Waals surface area contributed by atoms with Gasteiger partial charge in [0.15, 0.2) is 0 Å². The highest BCUT2D eigenvalue weighted by Crippen LogP contribution is 2.13. The maximum absolute atomic E-state index is 4.45. The molecule has 96 valence electrons. The van der Waals surface area contributed by atoms with Gasteiger partial charge in [-0.05, 0) is 31.0 Å². The van der Waals surface area contributed by atoms with E-state index in [-0.39, 0.29) is 0 Å². The van der Waals surface area contributed by atoms with Crippen molar-refractivity contribution in [2.24, 2.45) is 7.05 Å². The average Bonchev–Trinajstić information content (AvgIpc) is 2.77. The van der Waals surface area contributed by atoms with Gasteiger partial charge in [-0.3, -0.25) is 9.67 Å². The Hall–Kier alpha value is -1.68. The van der Waals surface area contributed by atoms with Crippen LogP contribution in [0.5, 0.6) is 0 Å². The zero-order valence-corrected chi connectivity index (χ0v) is 11.2. The summed E-state index contributed by atoms with van der Waals surface area (Å²) in [4.78, 5) is 4.04. The molecule has 2 rings (SSSR count). The van der Waals surface area contributed by atoms with Gasteiger partial charge in [-0.25, -0.2) is 0 Å². The third-order valence-corrected chi connectivity index (χ3v) is 3.13. The molecule has 0 radical (unpaired) electrons. The lowest BCUT2D eigenvalue weighted by Gasteiger charge is -2.13. The smallest absolute Gasteiger partial charge is 0.0666 e. The number of hydrogen-bond donors (Lipinski definition) is 1. The molecule has 2 aromatic rings. The molecular formula is C14H20N4. The van der Waals surface area contributed by atoms with Crippen LogP contribution in [0.1, 0.15) is 36.7 Å². The van der Waals surface area contributed by atoms with E-state index in [2.05, 4.69) is 35.4 Å². The molecule has 0 aliphatic heterocycles. The standard InChI is InChI=1S/C14H20N4/c1-4-14-13(10-18(3)17-14)9-16-11(2)12-5-7-15-8-6-12/h5-8,10-11,16H,4,9H2,1-3H3/t11-/m1/s1. The van der Waals surface area contributed by atoms with Crippen molar-refractivity contribution in [2.45, 2.75) is 32.9 Å². The lowest BCUT2D eigenvalue weighted by Crippen LogP contribution is -2.18. The average molecular weight is 244 g/mol. The van der Waals surface area contributed by atoms with E-state index in [4.69, 9.17) is 0 Å². The van der Waals surface area contributed by atoms with Crippen molar-refractivity contribution in [3.8, 4) is 0 Å². The number of aryl methyl sites for hydroxylation is 2. The molecule has 0 unspecified atom stereocenters. The van der Waals surface area contributed by atoms with E-state index in [1.165, 1.54) is 16.8 Å². The van der Waals surface area contributed by atoms with Crippen LogP contribution in [0.25, 0.3) is 0 Å². The van der Waals surface area contributed by atoms with Crippen LogP contribution in [0.15, 0.2) is 30.7 Å². The Bertz CT molecular complexity index is 490. The van der Waals surface area contributed by atoms with Crippen LogP contribution in [0.3, 0.4) is 0 Å². The van der Waals surface area contributed by atoms with Crippen LogP contribution in [0, 0.1) is 0 Å². The number of aromatic nitrogens is 3. The normalized spacial score (nSPS) is 12.6. The van der Waals surface area contributed by atoms with Crippen molar-refractivity contribution in [2.75, 3.05) is 0 Å². The Morgan fingerprint density at radius 1 is 1.33 bits per heavy atom. The maximum atomic E-state index is 4.45. The minimum atomic E-state index is 0.318. The van der Waals surface area contributed by atoms with Crippen LogP contribution in [0.2, 0.25) is 0 Å². The maximum Gasteiger partial charge on any atom is 0.0666 e. The van der Waals surface area contributed by atoms with Crippen LogP contribution < -0.4 is 5.32 Å². The molecule has 0 amide bonds. The van der Waals surface area contributed by atoms with Crippen LogP contribution >= 0.6 is 0 Å². The van der Waals surface area contributed by atoms with E-state index >= 15 is 0 Å². The fourth-order valence-electron chi connectivity index (χ4n) is 2.06. The molecule has 0 aliphatic rings. The summed E-state index contributed by atoms with van der Waals surface area (Å²) >= 11 is 0. The topological polar surface area (TPSA) is 42.7 Å². The van der Waals surface area contributed by atoms with Gasteiger partial charge in [0, 0.05) is 43.8 Å². The van der Waals surface area contributed by atoms with Gasteiger partial charge in [-0.2, -0.15) is 5.10 Å². The van der Waals surface area contributed by atoms with Crippen LogP contribution in [-0.2, 0) is 20.0 Å². The molecule has 18 heavy (non-hydrogen) atoms. The summed E-state index contributed by atoms with van der Waals surface area (Å²) in [5.74, 6) is 0. The largest absolute Gasteiger partial charge is 0.306 e. The number of nitrogens with zero attached hydrogens (tertiary/aromatic N) is 3. The Balaban J connectivity index is 1.99. The molecule has 1 N–H and O–H groups in total. The summed E-state index contributed by atoms with van der Waals surface area (Å²) < 4.78 is 1.88. The summed E-state index contributed by atoms with van der Waals surface area (Å²) in [7, 11) is 1.97. The summed E-state index contributed by atoms with van der Waals surface area (Å²) in [5.41, 5.74) is 3.71. The highest BCUT2D eigenvalue weighted by molar-refractivity contribution is 5.18. The van der Waals surface area contributed by atoms with Gasteiger partial charge in [0.25, 0.3) is 0 Å². The second-order valence-corrected chi connectivity index (χ2v) is 4.51. The van der Waals surface area contributed by atoms with Gasteiger partial charge in [0.05, 0.1) is 5.69 Å². The fourth-order valence-corrected chi connectivity index (χ4v) is 2.06. The first kappa shape index (κ1) is 12.8. The lowest BCUT2D eigenvalue weighted by atomic mass is 10.1. The van der Waals surface area contributed by atoms with Gasteiger partial charge in [-0.15, -0.1) is 0 Å². The fraction of sp³-hybridized carbons (Fsp3) is 0.429.